The van der Waals surface area contributed by atoms with Gasteiger partial charge in [0.15, 0.2) is 0 Å². The van der Waals surface area contributed by atoms with Crippen LogP contribution in [0.5, 0.6) is 0 Å². The number of carbonyl (C=O) groups excluding carboxylic acids is 2. The van der Waals surface area contributed by atoms with Gasteiger partial charge in [-0.2, -0.15) is 0 Å². The Kier molecular flexibility index (Phi) is 10.3. The Labute approximate surface area is 240 Å². The van der Waals surface area contributed by atoms with E-state index in [9.17, 15) is 18.0 Å². The molecule has 0 fully saturated rings. The molecule has 0 saturated heterocycles. The molecule has 0 spiro atoms. The van der Waals surface area contributed by atoms with Crippen LogP contribution in [0.4, 0.5) is 5.69 Å². The lowest BCUT2D eigenvalue weighted by Gasteiger charge is -2.32. The minimum Gasteiger partial charge on any atom is -0.352 e. The second-order valence-corrected chi connectivity index (χ2v) is 12.6. The van der Waals surface area contributed by atoms with Gasteiger partial charge >= 0.3 is 0 Å². The fourth-order valence-corrected chi connectivity index (χ4v) is 5.88. The number of carbonyl (C=O) groups is 2. The monoisotopic (exact) mass is 613 g/mol. The van der Waals surface area contributed by atoms with Gasteiger partial charge in [-0.3, -0.25) is 13.9 Å². The van der Waals surface area contributed by atoms with Crippen LogP contribution in [0.1, 0.15) is 43.9 Å². The predicted molar refractivity (Wildman–Crippen MR) is 159 cm³/mol. The standard InChI is InChI=1S/C30H36BrN3O4S/c1-6-23(4)32-30(36)24(5)33(19-25-10-8-11-26(31)18-25)29(35)20-34(27-12-7-9-22(3)17-27)39(37,38)28-15-13-21(2)14-16-28/h7-18,23-24H,6,19-20H2,1-5H3,(H,32,36)/t23-,24+/m0/s1. The molecule has 3 aromatic rings. The molecule has 0 aromatic heterocycles. The van der Waals surface area contributed by atoms with Crippen LogP contribution >= 0.6 is 15.9 Å². The van der Waals surface area contributed by atoms with Gasteiger partial charge in [0.05, 0.1) is 10.6 Å². The Morgan fingerprint density at radius 3 is 2.21 bits per heavy atom. The van der Waals surface area contributed by atoms with Crippen molar-refractivity contribution >= 4 is 43.5 Å². The van der Waals surface area contributed by atoms with Gasteiger partial charge in [-0.05, 0) is 81.6 Å². The SMILES string of the molecule is CC[C@H](C)NC(=O)[C@@H](C)N(Cc1cccc(Br)c1)C(=O)CN(c1cccc(C)c1)S(=O)(=O)c1ccc(C)cc1. The number of sulfonamides is 1. The molecule has 0 unspecified atom stereocenters. The summed E-state index contributed by atoms with van der Waals surface area (Å²) < 4.78 is 29.7. The molecule has 2 amide bonds. The molecule has 9 heteroatoms. The van der Waals surface area contributed by atoms with Crippen molar-refractivity contribution in [1.29, 1.82) is 0 Å². The van der Waals surface area contributed by atoms with Crippen LogP contribution in [0.2, 0.25) is 0 Å². The summed E-state index contributed by atoms with van der Waals surface area (Å²) >= 11 is 3.46. The van der Waals surface area contributed by atoms with Crippen LogP contribution in [0, 0.1) is 13.8 Å². The Morgan fingerprint density at radius 1 is 0.923 bits per heavy atom. The third-order valence-corrected chi connectivity index (χ3v) is 8.87. The van der Waals surface area contributed by atoms with Crippen molar-refractivity contribution in [3.8, 4) is 0 Å². The molecule has 3 rings (SSSR count). The van der Waals surface area contributed by atoms with Crippen LogP contribution in [0.15, 0.2) is 82.2 Å². The highest BCUT2D eigenvalue weighted by Gasteiger charge is 2.32. The molecule has 1 N–H and O–H groups in total. The summed E-state index contributed by atoms with van der Waals surface area (Å²) in [5.74, 6) is -0.782. The first-order chi connectivity index (χ1) is 18.4. The fourth-order valence-electron chi connectivity index (χ4n) is 4.03. The number of aryl methyl sites for hydroxylation is 2. The number of hydrogen-bond acceptors (Lipinski definition) is 4. The van der Waals surface area contributed by atoms with Gasteiger partial charge in [-0.25, -0.2) is 8.42 Å². The molecule has 0 aliphatic heterocycles. The van der Waals surface area contributed by atoms with Crippen molar-refractivity contribution < 1.29 is 18.0 Å². The maximum atomic E-state index is 14.0. The minimum absolute atomic E-state index is 0.0616. The largest absolute Gasteiger partial charge is 0.352 e. The summed E-state index contributed by atoms with van der Waals surface area (Å²) in [5.41, 5.74) is 2.97. The van der Waals surface area contributed by atoms with Crippen molar-refractivity contribution in [2.75, 3.05) is 10.8 Å². The molecule has 0 aliphatic carbocycles. The molecule has 0 radical (unpaired) electrons. The lowest BCUT2D eigenvalue weighted by atomic mass is 10.1. The Bertz CT molecular complexity index is 1410. The van der Waals surface area contributed by atoms with Crippen molar-refractivity contribution in [3.05, 3.63) is 94.0 Å². The van der Waals surface area contributed by atoms with Crippen molar-refractivity contribution in [2.24, 2.45) is 0 Å². The molecule has 7 nitrogen and oxygen atoms in total. The highest BCUT2D eigenvalue weighted by Crippen LogP contribution is 2.26. The number of halogens is 1. The van der Waals surface area contributed by atoms with Crippen LogP contribution in [-0.4, -0.2) is 43.8 Å². The Morgan fingerprint density at radius 2 is 1.59 bits per heavy atom. The first kappa shape index (κ1) is 30.4. The van der Waals surface area contributed by atoms with Crippen LogP contribution in [0.3, 0.4) is 0 Å². The van der Waals surface area contributed by atoms with Crippen molar-refractivity contribution in [1.82, 2.24) is 10.2 Å². The van der Waals surface area contributed by atoms with Gasteiger partial charge < -0.3 is 10.2 Å². The molecule has 208 valence electrons. The second kappa shape index (κ2) is 13.3. The normalized spacial score (nSPS) is 12.9. The van der Waals surface area contributed by atoms with Gasteiger partial charge in [0.2, 0.25) is 11.8 Å². The number of anilines is 1. The summed E-state index contributed by atoms with van der Waals surface area (Å²) in [6.45, 7) is 8.95. The smallest absolute Gasteiger partial charge is 0.264 e. The van der Waals surface area contributed by atoms with Gasteiger partial charge in [0.25, 0.3) is 10.0 Å². The number of nitrogens with zero attached hydrogens (tertiary/aromatic N) is 2. The fraction of sp³-hybridized carbons (Fsp3) is 0.333. The summed E-state index contributed by atoms with van der Waals surface area (Å²) in [7, 11) is -4.09. The predicted octanol–water partition coefficient (Wildman–Crippen LogP) is 5.59. The van der Waals surface area contributed by atoms with E-state index in [1.807, 2.05) is 58.0 Å². The van der Waals surface area contributed by atoms with Gasteiger partial charge in [-0.15, -0.1) is 0 Å². The zero-order valence-corrected chi connectivity index (χ0v) is 25.4. The van der Waals surface area contributed by atoms with Crippen molar-refractivity contribution in [3.63, 3.8) is 0 Å². The molecular weight excluding hydrogens is 578 g/mol. The molecule has 0 bridgehead atoms. The number of rotatable bonds is 11. The maximum Gasteiger partial charge on any atom is 0.264 e. The molecule has 0 saturated carbocycles. The average Bonchev–Trinajstić information content (AvgIpc) is 2.89. The zero-order valence-electron chi connectivity index (χ0n) is 23.0. The number of nitrogens with one attached hydrogen (secondary N) is 1. The van der Waals surface area contributed by atoms with E-state index in [1.54, 1.807) is 49.4 Å². The highest BCUT2D eigenvalue weighted by atomic mass is 79.9. The van der Waals surface area contributed by atoms with E-state index in [-0.39, 0.29) is 23.4 Å². The first-order valence-corrected chi connectivity index (χ1v) is 15.2. The minimum atomic E-state index is -4.09. The number of hydrogen-bond donors (Lipinski definition) is 1. The molecule has 0 aliphatic rings. The summed E-state index contributed by atoms with van der Waals surface area (Å²) in [4.78, 5) is 28.6. The zero-order chi connectivity index (χ0) is 28.7. The molecule has 39 heavy (non-hydrogen) atoms. The van der Waals surface area contributed by atoms with Crippen LogP contribution < -0.4 is 9.62 Å². The Hall–Kier alpha value is -3.17. The lowest BCUT2D eigenvalue weighted by molar-refractivity contribution is -0.139. The van der Waals surface area contributed by atoms with E-state index in [0.717, 1.165) is 31.9 Å². The summed E-state index contributed by atoms with van der Waals surface area (Å²) in [5, 5.41) is 2.94. The van der Waals surface area contributed by atoms with Crippen molar-refractivity contribution in [2.45, 2.75) is 64.6 Å². The second-order valence-electron chi connectivity index (χ2n) is 9.81. The number of benzene rings is 3. The van der Waals surface area contributed by atoms with Gasteiger partial charge in [-0.1, -0.05) is 64.8 Å². The topological polar surface area (TPSA) is 86.8 Å². The molecule has 0 heterocycles. The average molecular weight is 615 g/mol. The Balaban J connectivity index is 2.03. The van der Waals surface area contributed by atoms with E-state index < -0.39 is 28.5 Å². The third kappa shape index (κ3) is 7.92. The van der Waals surface area contributed by atoms with E-state index in [1.165, 1.54) is 4.90 Å². The number of amides is 2. The van der Waals surface area contributed by atoms with E-state index in [2.05, 4.69) is 21.2 Å². The summed E-state index contributed by atoms with van der Waals surface area (Å²) in [6.07, 6.45) is 0.744. The maximum absolute atomic E-state index is 14.0. The first-order valence-electron chi connectivity index (χ1n) is 12.9. The highest BCUT2D eigenvalue weighted by molar-refractivity contribution is 9.10. The quantitative estimate of drug-likeness (QED) is 0.305. The lowest BCUT2D eigenvalue weighted by Crippen LogP contribution is -2.52. The van der Waals surface area contributed by atoms with Gasteiger partial charge in [0.1, 0.15) is 12.6 Å². The van der Waals surface area contributed by atoms with Crippen LogP contribution in [0.25, 0.3) is 0 Å². The molecule has 3 aromatic carbocycles. The van der Waals surface area contributed by atoms with E-state index in [4.69, 9.17) is 0 Å². The third-order valence-electron chi connectivity index (χ3n) is 6.59. The van der Waals surface area contributed by atoms with E-state index >= 15 is 0 Å². The van der Waals surface area contributed by atoms with Crippen LogP contribution in [-0.2, 0) is 26.2 Å². The van der Waals surface area contributed by atoms with Gasteiger partial charge in [0, 0.05) is 17.1 Å². The molecule has 2 atom stereocenters. The summed E-state index contributed by atoms with van der Waals surface area (Å²) in [6, 6.07) is 20.1. The van der Waals surface area contributed by atoms with E-state index in [0.29, 0.717) is 5.69 Å². The molecular formula is C30H36BrN3O4S.